The molecule has 0 spiro atoms. The molecule has 0 unspecified atom stereocenters. The molecule has 0 amide bonds. The van der Waals surface area contributed by atoms with Crippen LogP contribution in [0.2, 0.25) is 0 Å². The van der Waals surface area contributed by atoms with E-state index in [1.54, 1.807) is 18.2 Å². The molecule has 2 N–H and O–H groups in total. The molecule has 0 aliphatic carbocycles. The van der Waals surface area contributed by atoms with Crippen LogP contribution in [0.15, 0.2) is 78.9 Å². The van der Waals surface area contributed by atoms with Gasteiger partial charge in [-0.15, -0.1) is 5.10 Å². The number of phenols is 1. The smallest absolute Gasteiger partial charge is 0.207 e. The van der Waals surface area contributed by atoms with Crippen LogP contribution in [0.25, 0.3) is 17.1 Å². The van der Waals surface area contributed by atoms with Crippen molar-refractivity contribution in [2.75, 3.05) is 31.1 Å². The van der Waals surface area contributed by atoms with Gasteiger partial charge in [-0.1, -0.05) is 42.5 Å². The molecule has 0 bridgehead atoms. The van der Waals surface area contributed by atoms with Crippen molar-refractivity contribution < 1.29 is 14.4 Å². The molecule has 3 aromatic carbocycles. The number of nitrogens with zero attached hydrogens (tertiary/aromatic N) is 4. The van der Waals surface area contributed by atoms with E-state index in [1.807, 2.05) is 57.8 Å². The van der Waals surface area contributed by atoms with Crippen LogP contribution < -0.4 is 9.80 Å². The molecule has 0 radical (unpaired) electrons. The van der Waals surface area contributed by atoms with E-state index < -0.39 is 0 Å². The standard InChI is InChI=1S/C25H24FN5OS/c26-20-10-12-21(13-11-20)31-24(19-6-2-1-3-7-19)27-30(25(31)33)18-28-14-16-29(17-15-28)22-8-4-5-9-23(22)32/h1-13,32H,14-18H2/p+1. The van der Waals surface area contributed by atoms with E-state index in [1.165, 1.54) is 17.0 Å². The van der Waals surface area contributed by atoms with E-state index in [0.717, 1.165) is 48.9 Å². The molecule has 1 aromatic heterocycles. The van der Waals surface area contributed by atoms with Gasteiger partial charge in [0.2, 0.25) is 4.77 Å². The topological polar surface area (TPSA) is 50.7 Å². The Morgan fingerprint density at radius 3 is 2.27 bits per heavy atom. The molecule has 8 heteroatoms. The van der Waals surface area contributed by atoms with Gasteiger partial charge in [-0.2, -0.15) is 4.68 Å². The zero-order chi connectivity index (χ0) is 22.8. The lowest BCUT2D eigenvalue weighted by atomic mass is 10.2. The summed E-state index contributed by atoms with van der Waals surface area (Å²) in [5.74, 6) is 0.763. The average molecular weight is 463 g/mol. The number of halogens is 1. The van der Waals surface area contributed by atoms with Gasteiger partial charge in [0.1, 0.15) is 11.6 Å². The molecule has 1 aliphatic rings. The zero-order valence-electron chi connectivity index (χ0n) is 18.1. The molecular weight excluding hydrogens is 437 g/mol. The summed E-state index contributed by atoms with van der Waals surface area (Å²) in [6, 6.07) is 23.7. The second-order valence-electron chi connectivity index (χ2n) is 8.17. The number of hydrogen-bond acceptors (Lipinski definition) is 4. The molecule has 2 heterocycles. The maximum atomic E-state index is 13.5. The van der Waals surface area contributed by atoms with Gasteiger partial charge < -0.3 is 14.9 Å². The Hall–Kier alpha value is -3.49. The number of benzene rings is 3. The highest BCUT2D eigenvalue weighted by Gasteiger charge is 2.24. The van der Waals surface area contributed by atoms with Crippen molar-refractivity contribution in [2.24, 2.45) is 0 Å². The van der Waals surface area contributed by atoms with Crippen molar-refractivity contribution in [3.8, 4) is 22.8 Å². The van der Waals surface area contributed by atoms with Crippen LogP contribution >= 0.6 is 12.2 Å². The van der Waals surface area contributed by atoms with Gasteiger partial charge in [0.15, 0.2) is 12.5 Å². The Bertz CT molecular complexity index is 1290. The number of aromatic nitrogens is 3. The largest absolute Gasteiger partial charge is 0.506 e. The normalized spacial score (nSPS) is 14.5. The summed E-state index contributed by atoms with van der Waals surface area (Å²) in [5.41, 5.74) is 2.61. The van der Waals surface area contributed by atoms with E-state index in [9.17, 15) is 9.50 Å². The van der Waals surface area contributed by atoms with Crippen LogP contribution in [-0.4, -0.2) is 45.6 Å². The number of rotatable bonds is 5. The Balaban J connectivity index is 1.41. The minimum absolute atomic E-state index is 0.286. The first-order valence-corrected chi connectivity index (χ1v) is 11.4. The Labute approximate surface area is 196 Å². The van der Waals surface area contributed by atoms with Crippen LogP contribution in [-0.2, 0) is 6.67 Å². The van der Waals surface area contributed by atoms with Crippen molar-refractivity contribution >= 4 is 17.9 Å². The van der Waals surface area contributed by atoms with Crippen molar-refractivity contribution in [2.45, 2.75) is 6.67 Å². The molecule has 0 saturated carbocycles. The zero-order valence-corrected chi connectivity index (χ0v) is 18.9. The van der Waals surface area contributed by atoms with Gasteiger partial charge in [0.05, 0.1) is 37.6 Å². The quantitative estimate of drug-likeness (QED) is 0.447. The van der Waals surface area contributed by atoms with E-state index in [-0.39, 0.29) is 5.82 Å². The molecular formula is C25H25FN5OS+. The highest BCUT2D eigenvalue weighted by atomic mass is 32.1. The number of anilines is 1. The summed E-state index contributed by atoms with van der Waals surface area (Å²) in [4.78, 5) is 3.58. The van der Waals surface area contributed by atoms with E-state index in [4.69, 9.17) is 17.3 Å². The second-order valence-corrected chi connectivity index (χ2v) is 8.53. The summed E-state index contributed by atoms with van der Waals surface area (Å²) >= 11 is 5.83. The van der Waals surface area contributed by atoms with Crippen LogP contribution in [0.4, 0.5) is 10.1 Å². The molecule has 6 nitrogen and oxygen atoms in total. The van der Waals surface area contributed by atoms with Crippen LogP contribution in [0, 0.1) is 10.6 Å². The lowest BCUT2D eigenvalue weighted by molar-refractivity contribution is -0.924. The van der Waals surface area contributed by atoms with Crippen molar-refractivity contribution in [3.63, 3.8) is 0 Å². The van der Waals surface area contributed by atoms with E-state index >= 15 is 0 Å². The highest BCUT2D eigenvalue weighted by molar-refractivity contribution is 7.71. The van der Waals surface area contributed by atoms with Gasteiger partial charge in [0, 0.05) is 5.56 Å². The highest BCUT2D eigenvalue weighted by Crippen LogP contribution is 2.26. The molecule has 168 valence electrons. The van der Waals surface area contributed by atoms with E-state index in [2.05, 4.69) is 4.90 Å². The average Bonchev–Trinajstić information content (AvgIpc) is 3.17. The molecule has 4 aromatic rings. The Morgan fingerprint density at radius 1 is 0.909 bits per heavy atom. The van der Waals surface area contributed by atoms with Crippen molar-refractivity contribution in [1.29, 1.82) is 0 Å². The number of nitrogens with one attached hydrogen (secondary N) is 1. The second kappa shape index (κ2) is 9.17. The number of phenolic OH excluding ortho intramolecular Hbond substituents is 1. The summed E-state index contributed by atoms with van der Waals surface area (Å²) in [6.07, 6.45) is 0. The number of aromatic hydroxyl groups is 1. The first-order chi connectivity index (χ1) is 16.1. The monoisotopic (exact) mass is 462 g/mol. The Kier molecular flexibility index (Phi) is 5.93. The third-order valence-electron chi connectivity index (χ3n) is 6.02. The maximum absolute atomic E-state index is 13.5. The molecule has 1 aliphatic heterocycles. The fourth-order valence-electron chi connectivity index (χ4n) is 4.27. The predicted octanol–water partition coefficient (Wildman–Crippen LogP) is 3.28. The van der Waals surface area contributed by atoms with Gasteiger partial charge >= 0.3 is 0 Å². The van der Waals surface area contributed by atoms with Gasteiger partial charge in [0.25, 0.3) is 0 Å². The molecule has 1 fully saturated rings. The van der Waals surface area contributed by atoms with E-state index in [0.29, 0.717) is 17.2 Å². The van der Waals surface area contributed by atoms with Crippen LogP contribution in [0.5, 0.6) is 5.75 Å². The minimum Gasteiger partial charge on any atom is -0.506 e. The van der Waals surface area contributed by atoms with Crippen molar-refractivity contribution in [1.82, 2.24) is 14.3 Å². The number of quaternary nitrogens is 1. The summed E-state index contributed by atoms with van der Waals surface area (Å²) < 4.78 is 17.9. The first-order valence-electron chi connectivity index (χ1n) is 11.0. The summed E-state index contributed by atoms with van der Waals surface area (Å²) in [5, 5.41) is 15.0. The minimum atomic E-state index is -0.286. The molecule has 5 rings (SSSR count). The van der Waals surface area contributed by atoms with Gasteiger partial charge in [-0.25, -0.2) is 4.39 Å². The number of piperazine rings is 1. The first kappa shape index (κ1) is 21.4. The fourth-order valence-corrected chi connectivity index (χ4v) is 4.57. The molecule has 0 atom stereocenters. The van der Waals surface area contributed by atoms with Crippen LogP contribution in [0.3, 0.4) is 0 Å². The van der Waals surface area contributed by atoms with Gasteiger partial charge in [-0.3, -0.25) is 4.57 Å². The lowest BCUT2D eigenvalue weighted by Gasteiger charge is -2.33. The lowest BCUT2D eigenvalue weighted by Crippen LogP contribution is -3.14. The Morgan fingerprint density at radius 2 is 1.58 bits per heavy atom. The molecule has 33 heavy (non-hydrogen) atoms. The summed E-state index contributed by atoms with van der Waals surface area (Å²) in [7, 11) is 0. The third kappa shape index (κ3) is 4.40. The van der Waals surface area contributed by atoms with Crippen molar-refractivity contribution in [3.05, 3.63) is 89.5 Å². The maximum Gasteiger partial charge on any atom is 0.207 e. The number of hydrogen-bond donors (Lipinski definition) is 2. The SMILES string of the molecule is Oc1ccccc1N1CC[NH+](Cn2nc(-c3ccccc3)n(-c3ccc(F)cc3)c2=S)CC1. The summed E-state index contributed by atoms with van der Waals surface area (Å²) in [6.45, 7) is 4.12. The van der Waals surface area contributed by atoms with Crippen LogP contribution in [0.1, 0.15) is 0 Å². The third-order valence-corrected chi connectivity index (χ3v) is 6.42. The molecule has 1 saturated heterocycles. The van der Waals surface area contributed by atoms with Gasteiger partial charge in [-0.05, 0) is 48.6 Å². The fraction of sp³-hybridized carbons (Fsp3) is 0.200. The predicted molar refractivity (Wildman–Crippen MR) is 129 cm³/mol. The number of para-hydroxylation sites is 2.